The zero-order valence-corrected chi connectivity index (χ0v) is 6.30. The minimum absolute atomic E-state index is 0. The third kappa shape index (κ3) is 3.37. The van der Waals surface area contributed by atoms with E-state index in [1.165, 1.54) is 0 Å². The van der Waals surface area contributed by atoms with Crippen LogP contribution >= 0.6 is 0 Å². The topological polar surface area (TPSA) is 94.8 Å². The molecule has 0 radical (unpaired) electrons. The molecular weight excluding hydrogens is 183 g/mol. The molecule has 0 unspecified atom stereocenters. The second-order valence-electron chi connectivity index (χ2n) is 2.24. The maximum atomic E-state index is 10.4. The third-order valence-electron chi connectivity index (χ3n) is 1.29. The Kier molecular flexibility index (Phi) is 6.21. The van der Waals surface area contributed by atoms with Crippen LogP contribution in [0.3, 0.4) is 0 Å². The van der Waals surface area contributed by atoms with Gasteiger partial charge in [-0.1, -0.05) is 0 Å². The van der Waals surface area contributed by atoms with Crippen molar-refractivity contribution in [2.45, 2.75) is 11.7 Å². The molecule has 0 bridgehead atoms. The van der Waals surface area contributed by atoms with Gasteiger partial charge in [0.2, 0.25) is 0 Å². The molecule has 0 saturated heterocycles. The number of aliphatic hydroxyl groups is 2. The molecule has 5 nitrogen and oxygen atoms in total. The molecule has 0 aromatic carbocycles. The first-order chi connectivity index (χ1) is 4.37. The predicted molar refractivity (Wildman–Crippen MR) is 41.3 cm³/mol. The molecular formula is C4H11NaO5S. The molecule has 0 aliphatic heterocycles. The first-order valence-corrected chi connectivity index (χ1v) is 4.00. The summed E-state index contributed by atoms with van der Waals surface area (Å²) in [4.78, 5) is 0. The summed E-state index contributed by atoms with van der Waals surface area (Å²) in [5.74, 6) is 0. The number of aliphatic hydroxyl groups excluding tert-OH is 2. The first kappa shape index (κ1) is 14.4. The van der Waals surface area contributed by atoms with Crippen molar-refractivity contribution in [3.05, 3.63) is 0 Å². The van der Waals surface area contributed by atoms with E-state index in [9.17, 15) is 8.42 Å². The molecule has 7 heteroatoms. The van der Waals surface area contributed by atoms with E-state index < -0.39 is 28.1 Å². The van der Waals surface area contributed by atoms with Gasteiger partial charge in [-0.3, -0.25) is 4.55 Å². The predicted octanol–water partition coefficient (Wildman–Crippen LogP) is -2.03. The molecule has 0 aliphatic carbocycles. The van der Waals surface area contributed by atoms with Crippen molar-refractivity contribution >= 4 is 39.7 Å². The Morgan fingerprint density at radius 1 is 1.27 bits per heavy atom. The molecule has 11 heavy (non-hydrogen) atoms. The molecule has 3 N–H and O–H groups in total. The van der Waals surface area contributed by atoms with Gasteiger partial charge in [0.05, 0.1) is 13.2 Å². The Labute approximate surface area is 87.5 Å². The average molecular weight is 194 g/mol. The fourth-order valence-electron chi connectivity index (χ4n) is 0.213. The summed E-state index contributed by atoms with van der Waals surface area (Å²) in [7, 11) is -4.36. The Morgan fingerprint density at radius 3 is 1.55 bits per heavy atom. The summed E-state index contributed by atoms with van der Waals surface area (Å²) in [6.07, 6.45) is 0. The second kappa shape index (κ2) is 4.76. The van der Waals surface area contributed by atoms with E-state index >= 15 is 0 Å². The molecule has 0 rings (SSSR count). The van der Waals surface area contributed by atoms with Crippen LogP contribution in [0.15, 0.2) is 0 Å². The van der Waals surface area contributed by atoms with Crippen LogP contribution in [-0.2, 0) is 10.1 Å². The van der Waals surface area contributed by atoms with Gasteiger partial charge in [0, 0.05) is 0 Å². The van der Waals surface area contributed by atoms with Gasteiger partial charge in [-0.15, -0.1) is 0 Å². The van der Waals surface area contributed by atoms with Crippen LogP contribution in [0.1, 0.15) is 6.92 Å². The molecule has 0 heterocycles. The van der Waals surface area contributed by atoms with E-state index in [4.69, 9.17) is 14.8 Å². The third-order valence-corrected chi connectivity index (χ3v) is 2.80. The van der Waals surface area contributed by atoms with E-state index in [2.05, 4.69) is 0 Å². The summed E-state index contributed by atoms with van der Waals surface area (Å²) < 4.78 is 27.3. The van der Waals surface area contributed by atoms with Crippen LogP contribution in [0.25, 0.3) is 0 Å². The van der Waals surface area contributed by atoms with E-state index in [-0.39, 0.29) is 29.6 Å². The van der Waals surface area contributed by atoms with Gasteiger partial charge in [-0.2, -0.15) is 8.42 Å². The number of hydrogen-bond donors (Lipinski definition) is 3. The van der Waals surface area contributed by atoms with Crippen molar-refractivity contribution in [1.29, 1.82) is 0 Å². The molecule has 0 spiro atoms. The summed E-state index contributed by atoms with van der Waals surface area (Å²) in [6.45, 7) is -0.562. The van der Waals surface area contributed by atoms with Crippen LogP contribution in [0.2, 0.25) is 0 Å². The van der Waals surface area contributed by atoms with Gasteiger partial charge in [-0.05, 0) is 6.92 Å². The monoisotopic (exact) mass is 194 g/mol. The summed E-state index contributed by atoms with van der Waals surface area (Å²) in [5.41, 5.74) is 0. The Hall–Kier alpha value is 0.830. The van der Waals surface area contributed by atoms with Gasteiger partial charge in [0.15, 0.2) is 0 Å². The van der Waals surface area contributed by atoms with Crippen LogP contribution in [-0.4, -0.2) is 70.7 Å². The van der Waals surface area contributed by atoms with Gasteiger partial charge >= 0.3 is 29.6 Å². The van der Waals surface area contributed by atoms with Crippen LogP contribution in [0.4, 0.5) is 0 Å². The molecule has 0 aromatic heterocycles. The van der Waals surface area contributed by atoms with Crippen molar-refractivity contribution < 1.29 is 23.2 Å². The van der Waals surface area contributed by atoms with Crippen molar-refractivity contribution in [3.63, 3.8) is 0 Å². The van der Waals surface area contributed by atoms with Crippen molar-refractivity contribution in [2.24, 2.45) is 0 Å². The fraction of sp³-hybridized carbons (Fsp3) is 1.00. The van der Waals surface area contributed by atoms with E-state index in [1.54, 1.807) is 0 Å². The molecule has 0 atom stereocenters. The fourth-order valence-corrected chi connectivity index (χ4v) is 0.539. The number of hydrogen-bond acceptors (Lipinski definition) is 4. The Morgan fingerprint density at radius 2 is 1.55 bits per heavy atom. The summed E-state index contributed by atoms with van der Waals surface area (Å²) in [6, 6.07) is 0. The molecule has 64 valence electrons. The Balaban J connectivity index is 0. The Bertz CT molecular complexity index is 195. The SMILES string of the molecule is CC(CO)(CO)S(=O)(=O)O.[NaH]. The van der Waals surface area contributed by atoms with Gasteiger partial charge in [0.1, 0.15) is 4.75 Å². The van der Waals surface area contributed by atoms with Crippen LogP contribution < -0.4 is 0 Å². The molecule has 0 aliphatic rings. The van der Waals surface area contributed by atoms with Crippen LogP contribution in [0, 0.1) is 0 Å². The first-order valence-electron chi connectivity index (χ1n) is 2.56. The van der Waals surface area contributed by atoms with E-state index in [0.717, 1.165) is 6.92 Å². The number of rotatable bonds is 3. The van der Waals surface area contributed by atoms with Crippen molar-refractivity contribution in [1.82, 2.24) is 0 Å². The summed E-state index contributed by atoms with van der Waals surface area (Å²) >= 11 is 0. The zero-order valence-electron chi connectivity index (χ0n) is 5.48. The molecule has 0 amide bonds. The average Bonchev–Trinajstić information content (AvgIpc) is 1.84. The molecule has 0 fully saturated rings. The maximum absolute atomic E-state index is 10.4. The van der Waals surface area contributed by atoms with Gasteiger partial charge < -0.3 is 10.2 Å². The minimum atomic E-state index is -4.36. The normalized spacial score (nSPS) is 12.4. The standard InChI is InChI=1S/C4H10O5S.Na.H/c1-4(2-5,3-6)10(7,8)9;;/h5-6H,2-3H2,1H3,(H,7,8,9);;. The van der Waals surface area contributed by atoms with Crippen molar-refractivity contribution in [2.75, 3.05) is 13.2 Å². The quantitative estimate of drug-likeness (QED) is 0.356. The van der Waals surface area contributed by atoms with E-state index in [1.807, 2.05) is 0 Å². The van der Waals surface area contributed by atoms with Crippen molar-refractivity contribution in [3.8, 4) is 0 Å². The van der Waals surface area contributed by atoms with Gasteiger partial charge in [0.25, 0.3) is 10.1 Å². The second-order valence-corrected chi connectivity index (χ2v) is 4.18. The van der Waals surface area contributed by atoms with E-state index in [0.29, 0.717) is 0 Å². The summed E-state index contributed by atoms with van der Waals surface area (Å²) in [5, 5.41) is 16.8. The zero-order chi connectivity index (χ0) is 8.41. The molecule has 0 aromatic rings. The van der Waals surface area contributed by atoms with Crippen LogP contribution in [0.5, 0.6) is 0 Å². The van der Waals surface area contributed by atoms with Gasteiger partial charge in [-0.25, -0.2) is 0 Å². The molecule has 0 saturated carbocycles.